The Balaban J connectivity index is 1.54. The molecule has 0 spiro atoms. The molecule has 0 unspecified atom stereocenters. The number of nitrogens with zero attached hydrogens (tertiary/aromatic N) is 2. The highest BCUT2D eigenvalue weighted by Crippen LogP contribution is 2.27. The molecule has 136 valence electrons. The zero-order valence-corrected chi connectivity index (χ0v) is 14.5. The molecule has 2 atom stereocenters. The summed E-state index contributed by atoms with van der Waals surface area (Å²) < 4.78 is 11.3. The van der Waals surface area contributed by atoms with E-state index in [2.05, 4.69) is 0 Å². The van der Waals surface area contributed by atoms with Crippen LogP contribution in [0.3, 0.4) is 0 Å². The molecule has 0 aliphatic carbocycles. The Labute approximate surface area is 152 Å². The van der Waals surface area contributed by atoms with E-state index in [1.807, 2.05) is 35.2 Å². The number of likely N-dealkylation sites (tertiary alicyclic amines) is 2. The third-order valence-corrected chi connectivity index (χ3v) is 5.00. The zero-order valence-electron chi connectivity index (χ0n) is 14.5. The Morgan fingerprint density at radius 3 is 2.50 bits per heavy atom. The maximum absolute atomic E-state index is 13.0. The van der Waals surface area contributed by atoms with E-state index in [4.69, 9.17) is 9.15 Å². The van der Waals surface area contributed by atoms with Crippen LogP contribution in [0.1, 0.15) is 29.8 Å². The zero-order chi connectivity index (χ0) is 17.9. The summed E-state index contributed by atoms with van der Waals surface area (Å²) in [6.45, 7) is 1.91. The molecular formula is C20H22N2O4. The average Bonchev–Trinajstić information content (AvgIpc) is 3.42. The summed E-state index contributed by atoms with van der Waals surface area (Å²) in [5, 5.41) is 0. The monoisotopic (exact) mass is 354 g/mol. The molecular weight excluding hydrogens is 332 g/mol. The Kier molecular flexibility index (Phi) is 4.65. The number of carbonyl (C=O) groups excluding carboxylic acids is 2. The van der Waals surface area contributed by atoms with E-state index in [1.165, 1.54) is 6.26 Å². The lowest BCUT2D eigenvalue weighted by Crippen LogP contribution is -2.46. The van der Waals surface area contributed by atoms with E-state index >= 15 is 0 Å². The van der Waals surface area contributed by atoms with Gasteiger partial charge < -0.3 is 19.0 Å². The second kappa shape index (κ2) is 7.23. The molecule has 0 radical (unpaired) electrons. The highest BCUT2D eigenvalue weighted by atomic mass is 16.5. The van der Waals surface area contributed by atoms with Crippen LogP contribution in [0.4, 0.5) is 0 Å². The molecule has 1 aromatic heterocycles. The first kappa shape index (κ1) is 16.7. The van der Waals surface area contributed by atoms with Crippen LogP contribution in [0.5, 0.6) is 5.75 Å². The van der Waals surface area contributed by atoms with Crippen molar-refractivity contribution >= 4 is 11.8 Å². The van der Waals surface area contributed by atoms with Gasteiger partial charge in [-0.1, -0.05) is 18.2 Å². The van der Waals surface area contributed by atoms with Gasteiger partial charge in [0.05, 0.1) is 12.8 Å². The maximum Gasteiger partial charge on any atom is 0.290 e. The summed E-state index contributed by atoms with van der Waals surface area (Å²) in [5.74, 6) is 0.759. The van der Waals surface area contributed by atoms with E-state index in [1.54, 1.807) is 17.0 Å². The fourth-order valence-electron chi connectivity index (χ4n) is 3.72. The van der Waals surface area contributed by atoms with Crippen LogP contribution in [-0.4, -0.2) is 53.4 Å². The minimum absolute atomic E-state index is 0.0153. The van der Waals surface area contributed by atoms with Crippen molar-refractivity contribution in [1.82, 2.24) is 9.80 Å². The molecule has 1 aromatic carbocycles. The molecule has 26 heavy (non-hydrogen) atoms. The van der Waals surface area contributed by atoms with Crippen LogP contribution in [0, 0.1) is 0 Å². The lowest BCUT2D eigenvalue weighted by molar-refractivity contribution is -0.134. The van der Waals surface area contributed by atoms with Gasteiger partial charge in [0, 0.05) is 19.5 Å². The minimum atomic E-state index is -0.501. The molecule has 0 saturated carbocycles. The van der Waals surface area contributed by atoms with Gasteiger partial charge in [-0.15, -0.1) is 0 Å². The fraction of sp³-hybridized carbons (Fsp3) is 0.400. The number of carbonyl (C=O) groups is 2. The van der Waals surface area contributed by atoms with Crippen molar-refractivity contribution in [2.45, 2.75) is 31.4 Å². The molecule has 2 aliphatic heterocycles. The van der Waals surface area contributed by atoms with E-state index in [-0.39, 0.29) is 23.7 Å². The van der Waals surface area contributed by atoms with Gasteiger partial charge in [-0.25, -0.2) is 0 Å². The summed E-state index contributed by atoms with van der Waals surface area (Å²) >= 11 is 0. The van der Waals surface area contributed by atoms with Gasteiger partial charge in [0.1, 0.15) is 17.9 Å². The highest BCUT2D eigenvalue weighted by Gasteiger charge is 2.43. The van der Waals surface area contributed by atoms with Crippen LogP contribution in [0.2, 0.25) is 0 Å². The van der Waals surface area contributed by atoms with Gasteiger partial charge in [0.25, 0.3) is 5.91 Å². The van der Waals surface area contributed by atoms with Crippen molar-refractivity contribution in [3.8, 4) is 5.75 Å². The predicted octanol–water partition coefficient (Wildman–Crippen LogP) is 2.56. The van der Waals surface area contributed by atoms with Gasteiger partial charge >= 0.3 is 0 Å². The highest BCUT2D eigenvalue weighted by molar-refractivity contribution is 5.96. The first-order valence-corrected chi connectivity index (χ1v) is 9.07. The van der Waals surface area contributed by atoms with Crippen molar-refractivity contribution in [3.63, 3.8) is 0 Å². The first-order valence-electron chi connectivity index (χ1n) is 9.07. The van der Waals surface area contributed by atoms with Gasteiger partial charge in [0.15, 0.2) is 5.76 Å². The van der Waals surface area contributed by atoms with Crippen molar-refractivity contribution in [3.05, 3.63) is 54.5 Å². The van der Waals surface area contributed by atoms with Crippen molar-refractivity contribution in [1.29, 1.82) is 0 Å². The topological polar surface area (TPSA) is 63.0 Å². The lowest BCUT2D eigenvalue weighted by Gasteiger charge is -2.26. The van der Waals surface area contributed by atoms with Crippen LogP contribution in [0.15, 0.2) is 53.1 Å². The van der Waals surface area contributed by atoms with Crippen molar-refractivity contribution < 1.29 is 18.7 Å². The third kappa shape index (κ3) is 3.31. The predicted molar refractivity (Wildman–Crippen MR) is 94.8 cm³/mol. The van der Waals surface area contributed by atoms with Crippen LogP contribution in [-0.2, 0) is 4.79 Å². The number of ether oxygens (including phenoxy) is 1. The maximum atomic E-state index is 13.0. The number of rotatable bonds is 4. The summed E-state index contributed by atoms with van der Waals surface area (Å²) in [7, 11) is 0. The number of hydrogen-bond acceptors (Lipinski definition) is 4. The number of para-hydroxylation sites is 1. The fourth-order valence-corrected chi connectivity index (χ4v) is 3.72. The standard InChI is InChI=1S/C20H22N2O4/c23-19(21-10-4-5-11-21)17-13-16(26-15-7-2-1-3-8-15)14-22(17)20(24)18-9-6-12-25-18/h1-3,6-9,12,16-17H,4-5,10-11,13-14H2/t16-,17-/m0/s1. The molecule has 2 aliphatic rings. The summed E-state index contributed by atoms with van der Waals surface area (Å²) in [6.07, 6.45) is 3.80. The van der Waals surface area contributed by atoms with Gasteiger partial charge in [-0.2, -0.15) is 0 Å². The second-order valence-corrected chi connectivity index (χ2v) is 6.77. The molecule has 3 heterocycles. The van der Waals surface area contributed by atoms with E-state index < -0.39 is 6.04 Å². The summed E-state index contributed by atoms with van der Waals surface area (Å²) in [5.41, 5.74) is 0. The number of amides is 2. The summed E-state index contributed by atoms with van der Waals surface area (Å²) in [4.78, 5) is 29.3. The Morgan fingerprint density at radius 2 is 1.81 bits per heavy atom. The molecule has 2 saturated heterocycles. The van der Waals surface area contributed by atoms with Crippen LogP contribution >= 0.6 is 0 Å². The van der Waals surface area contributed by atoms with Gasteiger partial charge in [-0.3, -0.25) is 9.59 Å². The molecule has 2 amide bonds. The Bertz CT molecular complexity index is 753. The van der Waals surface area contributed by atoms with Crippen LogP contribution in [0.25, 0.3) is 0 Å². The molecule has 2 fully saturated rings. The molecule has 6 nitrogen and oxygen atoms in total. The molecule has 6 heteroatoms. The minimum Gasteiger partial charge on any atom is -0.488 e. The van der Waals surface area contributed by atoms with Gasteiger partial charge in [0.2, 0.25) is 5.91 Å². The lowest BCUT2D eigenvalue weighted by atomic mass is 10.1. The number of benzene rings is 1. The quantitative estimate of drug-likeness (QED) is 0.847. The molecule has 2 aromatic rings. The smallest absolute Gasteiger partial charge is 0.290 e. The molecule has 0 N–H and O–H groups in total. The molecule has 4 rings (SSSR count). The Morgan fingerprint density at radius 1 is 1.04 bits per heavy atom. The normalized spacial score (nSPS) is 22.6. The second-order valence-electron chi connectivity index (χ2n) is 6.77. The van der Waals surface area contributed by atoms with E-state index in [9.17, 15) is 9.59 Å². The number of furan rings is 1. The van der Waals surface area contributed by atoms with E-state index in [0.29, 0.717) is 13.0 Å². The Hall–Kier alpha value is -2.76. The average molecular weight is 354 g/mol. The first-order chi connectivity index (χ1) is 12.7. The number of hydrogen-bond donors (Lipinski definition) is 0. The van der Waals surface area contributed by atoms with Crippen LogP contribution < -0.4 is 4.74 Å². The largest absolute Gasteiger partial charge is 0.488 e. The van der Waals surface area contributed by atoms with Crippen molar-refractivity contribution in [2.75, 3.05) is 19.6 Å². The SMILES string of the molecule is O=C([C@@H]1C[C@H](Oc2ccccc2)CN1C(=O)c1ccco1)N1CCCC1. The van der Waals surface area contributed by atoms with E-state index in [0.717, 1.165) is 31.7 Å². The third-order valence-electron chi connectivity index (χ3n) is 5.00. The van der Waals surface area contributed by atoms with Crippen molar-refractivity contribution in [2.24, 2.45) is 0 Å². The molecule has 0 bridgehead atoms. The van der Waals surface area contributed by atoms with Gasteiger partial charge in [-0.05, 0) is 37.1 Å². The summed E-state index contributed by atoms with van der Waals surface area (Å²) in [6, 6.07) is 12.3.